The molecule has 5 rings (SSSR count). The average molecular weight is 458 g/mol. The molecular formula is C21H20ClN5O3S. The van der Waals surface area contributed by atoms with Crippen LogP contribution in [0.25, 0.3) is 0 Å². The minimum absolute atomic E-state index is 0.0183. The molecule has 4 heterocycles. The molecular weight excluding hydrogens is 438 g/mol. The lowest BCUT2D eigenvalue weighted by molar-refractivity contribution is -0.00202. The molecule has 2 aliphatic heterocycles. The number of thiophene rings is 1. The van der Waals surface area contributed by atoms with Crippen LogP contribution >= 0.6 is 22.9 Å². The molecule has 2 amide bonds. The predicted octanol–water partition coefficient (Wildman–Crippen LogP) is 2.86. The van der Waals surface area contributed by atoms with Crippen molar-refractivity contribution in [2.75, 3.05) is 26.2 Å². The van der Waals surface area contributed by atoms with Crippen molar-refractivity contribution in [3.05, 3.63) is 68.6 Å². The summed E-state index contributed by atoms with van der Waals surface area (Å²) >= 11 is 7.40. The van der Waals surface area contributed by atoms with Gasteiger partial charge in [0.15, 0.2) is 5.69 Å². The summed E-state index contributed by atoms with van der Waals surface area (Å²) in [6, 6.07) is 11.2. The van der Waals surface area contributed by atoms with Gasteiger partial charge in [-0.05, 0) is 29.1 Å². The Morgan fingerprint density at radius 1 is 1.03 bits per heavy atom. The molecule has 1 aromatic carbocycles. The Bertz CT molecular complexity index is 1090. The number of carbonyl (C=O) groups is 2. The van der Waals surface area contributed by atoms with E-state index < -0.39 is 0 Å². The summed E-state index contributed by atoms with van der Waals surface area (Å²) in [6.45, 7) is 2.69. The number of aromatic nitrogens is 3. The van der Waals surface area contributed by atoms with Crippen LogP contribution in [-0.2, 0) is 17.9 Å². The number of rotatable bonds is 3. The highest BCUT2D eigenvalue weighted by Crippen LogP contribution is 2.28. The smallest absolute Gasteiger partial charge is 0.276 e. The van der Waals surface area contributed by atoms with E-state index in [0.717, 1.165) is 10.4 Å². The van der Waals surface area contributed by atoms with E-state index in [2.05, 4.69) is 10.3 Å². The lowest BCUT2D eigenvalue weighted by Gasteiger charge is -2.34. The summed E-state index contributed by atoms with van der Waals surface area (Å²) in [5.74, 6) is -0.150. The second-order valence-electron chi connectivity index (χ2n) is 7.48. The molecule has 2 aliphatic rings. The van der Waals surface area contributed by atoms with Gasteiger partial charge in [0, 0.05) is 31.2 Å². The summed E-state index contributed by atoms with van der Waals surface area (Å²) in [5.41, 5.74) is 2.02. The Kier molecular flexibility index (Phi) is 5.47. The molecule has 0 N–H and O–H groups in total. The molecule has 8 nitrogen and oxygen atoms in total. The van der Waals surface area contributed by atoms with Crippen molar-refractivity contribution in [3.63, 3.8) is 0 Å². The van der Waals surface area contributed by atoms with Crippen LogP contribution in [-0.4, -0.2) is 62.8 Å². The van der Waals surface area contributed by atoms with E-state index >= 15 is 0 Å². The second-order valence-corrected chi connectivity index (χ2v) is 8.86. The van der Waals surface area contributed by atoms with Gasteiger partial charge in [0.25, 0.3) is 11.8 Å². The minimum Gasteiger partial charge on any atom is -0.365 e. The van der Waals surface area contributed by atoms with Gasteiger partial charge in [-0.25, -0.2) is 4.68 Å². The Morgan fingerprint density at radius 3 is 2.42 bits per heavy atom. The number of fused-ring (bicyclic) bond motifs is 1. The summed E-state index contributed by atoms with van der Waals surface area (Å²) < 4.78 is 7.73. The summed E-state index contributed by atoms with van der Waals surface area (Å²) in [6.07, 6.45) is -0.166. The fourth-order valence-corrected chi connectivity index (χ4v) is 4.69. The summed E-state index contributed by atoms with van der Waals surface area (Å²) in [5, 5.41) is 10.9. The normalized spacial score (nSPS) is 18.7. The van der Waals surface area contributed by atoms with Crippen LogP contribution in [0.15, 0.2) is 41.8 Å². The number of hydrogen-bond donors (Lipinski definition) is 0. The van der Waals surface area contributed by atoms with Crippen molar-refractivity contribution in [2.24, 2.45) is 0 Å². The van der Waals surface area contributed by atoms with Gasteiger partial charge >= 0.3 is 0 Å². The van der Waals surface area contributed by atoms with E-state index in [0.29, 0.717) is 49.1 Å². The maximum Gasteiger partial charge on any atom is 0.276 e. The molecule has 2 aromatic heterocycles. The zero-order valence-corrected chi connectivity index (χ0v) is 18.2. The fraction of sp³-hybridized carbons (Fsp3) is 0.333. The number of amides is 2. The molecule has 0 saturated carbocycles. The molecule has 1 fully saturated rings. The SMILES string of the molecule is O=C(c1cccs1)N1CCN(C(=O)c2nnn3c2CO[C@H](c2ccc(Cl)cc2)C3)CC1. The monoisotopic (exact) mass is 457 g/mol. The Morgan fingerprint density at radius 2 is 1.74 bits per heavy atom. The van der Waals surface area contributed by atoms with E-state index in [1.807, 2.05) is 41.8 Å². The fourth-order valence-electron chi connectivity index (χ4n) is 3.88. The predicted molar refractivity (Wildman–Crippen MR) is 115 cm³/mol. The highest BCUT2D eigenvalue weighted by Gasteiger charge is 2.32. The van der Waals surface area contributed by atoms with Gasteiger partial charge in [-0.3, -0.25) is 9.59 Å². The molecule has 160 valence electrons. The maximum absolute atomic E-state index is 13.1. The highest BCUT2D eigenvalue weighted by molar-refractivity contribution is 7.12. The highest BCUT2D eigenvalue weighted by atomic mass is 35.5. The van der Waals surface area contributed by atoms with Crippen LogP contribution in [0.5, 0.6) is 0 Å². The third kappa shape index (κ3) is 3.96. The molecule has 0 unspecified atom stereocenters. The summed E-state index contributed by atoms with van der Waals surface area (Å²) in [4.78, 5) is 29.8. The van der Waals surface area contributed by atoms with Gasteiger partial charge in [-0.15, -0.1) is 16.4 Å². The van der Waals surface area contributed by atoms with Crippen LogP contribution in [0.3, 0.4) is 0 Å². The number of halogens is 1. The van der Waals surface area contributed by atoms with Crippen molar-refractivity contribution in [1.82, 2.24) is 24.8 Å². The van der Waals surface area contributed by atoms with Gasteiger partial charge in [-0.1, -0.05) is 35.0 Å². The van der Waals surface area contributed by atoms with Crippen molar-refractivity contribution in [1.29, 1.82) is 0 Å². The van der Waals surface area contributed by atoms with Gasteiger partial charge < -0.3 is 14.5 Å². The van der Waals surface area contributed by atoms with E-state index in [1.165, 1.54) is 11.3 Å². The van der Waals surface area contributed by atoms with Gasteiger partial charge in [0.2, 0.25) is 0 Å². The summed E-state index contributed by atoms with van der Waals surface area (Å²) in [7, 11) is 0. The maximum atomic E-state index is 13.1. The molecule has 0 bridgehead atoms. The topological polar surface area (TPSA) is 80.6 Å². The van der Waals surface area contributed by atoms with Crippen LogP contribution in [0.2, 0.25) is 5.02 Å². The average Bonchev–Trinajstić information content (AvgIpc) is 3.49. The third-order valence-corrected chi connectivity index (χ3v) is 6.74. The van der Waals surface area contributed by atoms with Crippen LogP contribution < -0.4 is 0 Å². The van der Waals surface area contributed by atoms with E-state index in [4.69, 9.17) is 16.3 Å². The molecule has 31 heavy (non-hydrogen) atoms. The van der Waals surface area contributed by atoms with E-state index in [-0.39, 0.29) is 24.5 Å². The van der Waals surface area contributed by atoms with Crippen LogP contribution in [0.1, 0.15) is 37.5 Å². The Hall–Kier alpha value is -2.75. The largest absolute Gasteiger partial charge is 0.365 e. The van der Waals surface area contributed by atoms with Crippen molar-refractivity contribution >= 4 is 34.8 Å². The number of piperazine rings is 1. The van der Waals surface area contributed by atoms with Crippen molar-refractivity contribution < 1.29 is 14.3 Å². The molecule has 1 saturated heterocycles. The first-order valence-corrected chi connectivity index (χ1v) is 11.3. The number of benzene rings is 1. The van der Waals surface area contributed by atoms with E-state index in [9.17, 15) is 9.59 Å². The second kappa shape index (κ2) is 8.41. The number of nitrogens with zero attached hydrogens (tertiary/aromatic N) is 5. The van der Waals surface area contributed by atoms with Gasteiger partial charge in [0.05, 0.1) is 23.7 Å². The Balaban J connectivity index is 1.24. The lowest BCUT2D eigenvalue weighted by Crippen LogP contribution is -2.50. The van der Waals surface area contributed by atoms with E-state index in [1.54, 1.807) is 14.5 Å². The van der Waals surface area contributed by atoms with Crippen molar-refractivity contribution in [3.8, 4) is 0 Å². The molecule has 0 radical (unpaired) electrons. The molecule has 1 atom stereocenters. The lowest BCUT2D eigenvalue weighted by atomic mass is 10.1. The molecule has 10 heteroatoms. The Labute approximate surface area is 188 Å². The molecule has 3 aromatic rings. The van der Waals surface area contributed by atoms with Crippen molar-refractivity contribution in [2.45, 2.75) is 19.3 Å². The van der Waals surface area contributed by atoms with Crippen LogP contribution in [0.4, 0.5) is 0 Å². The first-order valence-electron chi connectivity index (χ1n) is 10.0. The standard InChI is InChI=1S/C21H20ClN5O3S/c22-15-5-3-14(4-6-15)17-12-27-16(13-30-17)19(23-24-27)21(29)26-9-7-25(8-10-26)20(28)18-2-1-11-31-18/h1-6,11,17H,7-10,12-13H2/t17-/m0/s1. The number of ether oxygens (including phenoxy) is 1. The zero-order chi connectivity index (χ0) is 21.4. The third-order valence-electron chi connectivity index (χ3n) is 5.63. The number of carbonyl (C=O) groups excluding carboxylic acids is 2. The molecule has 0 aliphatic carbocycles. The first-order chi connectivity index (χ1) is 15.1. The minimum atomic E-state index is -0.169. The molecule has 0 spiro atoms. The quantitative estimate of drug-likeness (QED) is 0.604. The van der Waals surface area contributed by atoms with Gasteiger partial charge in [0.1, 0.15) is 6.10 Å². The van der Waals surface area contributed by atoms with Gasteiger partial charge in [-0.2, -0.15) is 0 Å². The van der Waals surface area contributed by atoms with Crippen LogP contribution in [0, 0.1) is 0 Å². The number of hydrogen-bond acceptors (Lipinski definition) is 6. The zero-order valence-electron chi connectivity index (χ0n) is 16.6. The first kappa shape index (κ1) is 20.2.